The van der Waals surface area contributed by atoms with E-state index in [4.69, 9.17) is 0 Å². The molecule has 0 spiro atoms. The number of nitrogens with zero attached hydrogens (tertiary/aromatic N) is 1. The number of Topliss-reactive ketones (excluding diaryl/α,β-unsaturated/α-hetero) is 1. The summed E-state index contributed by atoms with van der Waals surface area (Å²) in [5.41, 5.74) is 6.15. The molecule has 2 aliphatic rings. The number of anilines is 2. The van der Waals surface area contributed by atoms with Crippen molar-refractivity contribution in [1.29, 1.82) is 0 Å². The number of carbonyl (C=O) groups is 2. The van der Waals surface area contributed by atoms with E-state index in [0.29, 0.717) is 30.5 Å². The van der Waals surface area contributed by atoms with Crippen molar-refractivity contribution in [2.45, 2.75) is 32.1 Å². The molecule has 2 aliphatic heterocycles. The van der Waals surface area contributed by atoms with Gasteiger partial charge in [-0.2, -0.15) is 5.48 Å². The highest BCUT2D eigenvalue weighted by molar-refractivity contribution is 6.03. The lowest BCUT2D eigenvalue weighted by molar-refractivity contribution is -0.825. The predicted molar refractivity (Wildman–Crippen MR) is 106 cm³/mol. The molecule has 0 aliphatic carbocycles. The van der Waals surface area contributed by atoms with Crippen LogP contribution in [0.15, 0.2) is 36.4 Å². The maximum atomic E-state index is 13.1. The van der Waals surface area contributed by atoms with Gasteiger partial charge in [-0.1, -0.05) is 12.1 Å². The Labute approximate surface area is 163 Å². The highest BCUT2D eigenvalue weighted by Crippen LogP contribution is 2.29. The number of aryl methyl sites for hydroxylation is 1. The molecule has 0 bridgehead atoms. The quantitative estimate of drug-likeness (QED) is 0.410. The predicted octanol–water partition coefficient (Wildman–Crippen LogP) is 1.36. The van der Waals surface area contributed by atoms with Gasteiger partial charge in [0.05, 0.1) is 0 Å². The number of hydrogen-bond donors (Lipinski definition) is 3. The fraction of sp³-hybridized carbons (Fsp3) is 0.333. The van der Waals surface area contributed by atoms with E-state index >= 15 is 0 Å². The zero-order valence-corrected chi connectivity index (χ0v) is 15.7. The Morgan fingerprint density at radius 3 is 2.64 bits per heavy atom. The van der Waals surface area contributed by atoms with Crippen LogP contribution in [0.1, 0.15) is 40.7 Å². The van der Waals surface area contributed by atoms with Gasteiger partial charge in [-0.15, -0.1) is 0 Å². The van der Waals surface area contributed by atoms with Gasteiger partial charge in [0, 0.05) is 55.0 Å². The highest BCUT2D eigenvalue weighted by atomic mass is 16.5. The van der Waals surface area contributed by atoms with Crippen molar-refractivity contribution in [2.24, 2.45) is 0 Å². The average molecular weight is 384 g/mol. The second-order valence-electron chi connectivity index (χ2n) is 7.24. The zero-order valence-electron chi connectivity index (χ0n) is 15.7. The number of nitrogens with two attached hydrogens (primary N) is 1. The number of carbonyl (C=O) groups excluding carboxylic acids is 2. The van der Waals surface area contributed by atoms with E-state index in [-0.39, 0.29) is 17.2 Å². The number of ketones is 1. The van der Waals surface area contributed by atoms with Crippen LogP contribution < -0.4 is 15.7 Å². The molecule has 4 rings (SSSR count). The molecule has 6 N–H and O–H groups in total. The largest absolute Gasteiger partial charge is 0.412 e. The van der Waals surface area contributed by atoms with Crippen molar-refractivity contribution >= 4 is 28.8 Å². The first-order valence-corrected chi connectivity index (χ1v) is 9.45. The van der Waals surface area contributed by atoms with Crippen LogP contribution in [0.25, 0.3) is 0 Å². The molecule has 1 amide bonds. The number of fused-ring (bicyclic) bond motifs is 1. The van der Waals surface area contributed by atoms with Crippen molar-refractivity contribution in [3.8, 4) is 0 Å². The second-order valence-corrected chi connectivity index (χ2v) is 7.24. The summed E-state index contributed by atoms with van der Waals surface area (Å²) in [6.07, 6.45) is 3.77. The first kappa shape index (κ1) is 20.0. The summed E-state index contributed by atoms with van der Waals surface area (Å²) in [4.78, 5) is 26.8. The Balaban J connectivity index is 0.00000225. The molecule has 7 nitrogen and oxygen atoms in total. The van der Waals surface area contributed by atoms with Crippen LogP contribution in [-0.4, -0.2) is 35.5 Å². The van der Waals surface area contributed by atoms with Gasteiger partial charge in [0.1, 0.15) is 0 Å². The van der Waals surface area contributed by atoms with Gasteiger partial charge >= 0.3 is 0 Å². The molecule has 2 heterocycles. The van der Waals surface area contributed by atoms with Gasteiger partial charge in [-0.25, -0.2) is 5.21 Å². The van der Waals surface area contributed by atoms with E-state index in [1.165, 1.54) is 0 Å². The minimum atomic E-state index is 0. The van der Waals surface area contributed by atoms with Gasteiger partial charge in [0.15, 0.2) is 11.5 Å². The third kappa shape index (κ3) is 4.06. The SMILES string of the molecule is O.O=C1CCc2cc(CC(=O)c3cc([NH2+]O)ccc3N3CCCC3)ccc2N1. The minimum Gasteiger partial charge on any atom is -0.412 e. The molecule has 1 fully saturated rings. The van der Waals surface area contributed by atoms with Gasteiger partial charge in [0.25, 0.3) is 0 Å². The van der Waals surface area contributed by atoms with Gasteiger partial charge in [0.2, 0.25) is 5.91 Å². The molecule has 28 heavy (non-hydrogen) atoms. The highest BCUT2D eigenvalue weighted by Gasteiger charge is 2.22. The number of quaternary nitrogens is 1. The van der Waals surface area contributed by atoms with Crippen LogP contribution in [-0.2, 0) is 17.6 Å². The third-order valence-electron chi connectivity index (χ3n) is 5.35. The monoisotopic (exact) mass is 384 g/mol. The zero-order chi connectivity index (χ0) is 18.8. The van der Waals surface area contributed by atoms with Crippen LogP contribution in [0.4, 0.5) is 17.1 Å². The van der Waals surface area contributed by atoms with E-state index < -0.39 is 0 Å². The summed E-state index contributed by atoms with van der Waals surface area (Å²) in [5.74, 6) is 0.0824. The summed E-state index contributed by atoms with van der Waals surface area (Å²) in [6, 6.07) is 11.3. The van der Waals surface area contributed by atoms with Gasteiger partial charge < -0.3 is 15.7 Å². The summed E-state index contributed by atoms with van der Waals surface area (Å²) >= 11 is 0. The average Bonchev–Trinajstić information content (AvgIpc) is 3.22. The number of rotatable bonds is 5. The maximum Gasteiger partial charge on any atom is 0.224 e. The van der Waals surface area contributed by atoms with Crippen molar-refractivity contribution in [1.82, 2.24) is 0 Å². The lowest BCUT2D eigenvalue weighted by atomic mass is 9.96. The van der Waals surface area contributed by atoms with Crippen molar-refractivity contribution < 1.29 is 25.8 Å². The molecular formula is C21H26N3O4+. The number of benzene rings is 2. The molecule has 7 heteroatoms. The Bertz CT molecular complexity index is 891. The molecule has 1 saturated heterocycles. The maximum absolute atomic E-state index is 13.1. The molecule has 0 atom stereocenters. The van der Waals surface area contributed by atoms with E-state index in [1.807, 2.05) is 30.3 Å². The molecule has 2 aromatic carbocycles. The van der Waals surface area contributed by atoms with E-state index in [2.05, 4.69) is 10.2 Å². The van der Waals surface area contributed by atoms with Crippen LogP contribution >= 0.6 is 0 Å². The molecule has 0 radical (unpaired) electrons. The molecule has 0 unspecified atom stereocenters. The minimum absolute atomic E-state index is 0. The molecule has 2 aromatic rings. The number of nitrogens with one attached hydrogen (secondary N) is 1. The molecular weight excluding hydrogens is 358 g/mol. The topological polar surface area (TPSA) is 118 Å². The fourth-order valence-corrected chi connectivity index (χ4v) is 3.92. The third-order valence-corrected chi connectivity index (χ3v) is 5.35. The normalized spacial score (nSPS) is 15.6. The van der Waals surface area contributed by atoms with Crippen LogP contribution in [0.5, 0.6) is 0 Å². The smallest absolute Gasteiger partial charge is 0.224 e. The summed E-state index contributed by atoms with van der Waals surface area (Å²) < 4.78 is 0. The standard InChI is InChI=1S/C21H23N3O3.H2O/c25-20(12-14-3-6-18-15(11-14)4-8-21(26)22-18)17-13-16(23-27)5-7-19(17)24-9-1-2-10-24;/h3,5-7,11,13,23,27H,1-2,4,8-10,12H2,(H,22,26);1H2/p+1. The molecule has 0 aromatic heterocycles. The first-order valence-electron chi connectivity index (χ1n) is 9.45. The fourth-order valence-electron chi connectivity index (χ4n) is 3.92. The van der Waals surface area contributed by atoms with E-state index in [0.717, 1.165) is 53.9 Å². The Morgan fingerprint density at radius 2 is 1.89 bits per heavy atom. The lowest BCUT2D eigenvalue weighted by Crippen LogP contribution is -2.73. The Hall–Kier alpha value is -2.74. The van der Waals surface area contributed by atoms with Gasteiger partial charge in [-0.05, 0) is 42.5 Å². The summed E-state index contributed by atoms with van der Waals surface area (Å²) in [6.45, 7) is 1.92. The van der Waals surface area contributed by atoms with Crippen LogP contribution in [0.2, 0.25) is 0 Å². The van der Waals surface area contributed by atoms with E-state index in [1.54, 1.807) is 6.07 Å². The Kier molecular flexibility index (Phi) is 6.08. The summed E-state index contributed by atoms with van der Waals surface area (Å²) in [7, 11) is 0. The first-order chi connectivity index (χ1) is 13.1. The summed E-state index contributed by atoms with van der Waals surface area (Å²) in [5, 5.41) is 12.2. The van der Waals surface area contributed by atoms with Gasteiger partial charge in [-0.3, -0.25) is 9.59 Å². The van der Waals surface area contributed by atoms with Crippen LogP contribution in [0.3, 0.4) is 0 Å². The van der Waals surface area contributed by atoms with Crippen LogP contribution in [0, 0.1) is 0 Å². The Morgan fingerprint density at radius 1 is 1.11 bits per heavy atom. The van der Waals surface area contributed by atoms with Crippen molar-refractivity contribution in [3.05, 3.63) is 53.1 Å². The molecule has 0 saturated carbocycles. The van der Waals surface area contributed by atoms with Crippen molar-refractivity contribution in [2.75, 3.05) is 23.3 Å². The van der Waals surface area contributed by atoms with E-state index in [9.17, 15) is 14.8 Å². The van der Waals surface area contributed by atoms with Crippen molar-refractivity contribution in [3.63, 3.8) is 0 Å². The molecule has 148 valence electrons. The second kappa shape index (κ2) is 8.52. The lowest BCUT2D eigenvalue weighted by Gasteiger charge is -2.21. The number of amides is 1. The number of hydrogen-bond acceptors (Lipinski definition) is 4.